The highest BCUT2D eigenvalue weighted by Gasteiger charge is 2.35. The lowest BCUT2D eigenvalue weighted by Crippen LogP contribution is -2.36. The van der Waals surface area contributed by atoms with Crippen LogP contribution in [0.2, 0.25) is 0 Å². The molecular formula is C19H20F3N7O. The number of hydrogen-bond donors (Lipinski definition) is 3. The Balaban J connectivity index is 1.49. The predicted octanol–water partition coefficient (Wildman–Crippen LogP) is 3.41. The van der Waals surface area contributed by atoms with Crippen molar-refractivity contribution in [3.8, 4) is 0 Å². The van der Waals surface area contributed by atoms with Gasteiger partial charge in [-0.15, -0.1) is 0 Å². The van der Waals surface area contributed by atoms with Crippen LogP contribution >= 0.6 is 0 Å². The monoisotopic (exact) mass is 419 g/mol. The van der Waals surface area contributed by atoms with Crippen LogP contribution in [0.4, 0.5) is 36.3 Å². The van der Waals surface area contributed by atoms with E-state index < -0.39 is 11.7 Å². The third-order valence-corrected chi connectivity index (χ3v) is 4.61. The summed E-state index contributed by atoms with van der Waals surface area (Å²) in [6.07, 6.45) is -0.681. The molecule has 3 N–H and O–H groups in total. The minimum absolute atomic E-state index is 0.0665. The lowest BCUT2D eigenvalue weighted by atomic mass is 10.2. The Kier molecular flexibility index (Phi) is 5.70. The molecule has 0 bridgehead atoms. The van der Waals surface area contributed by atoms with E-state index in [1.54, 1.807) is 6.20 Å². The Morgan fingerprint density at radius 2 is 1.87 bits per heavy atom. The van der Waals surface area contributed by atoms with Crippen molar-refractivity contribution in [2.24, 2.45) is 0 Å². The van der Waals surface area contributed by atoms with Gasteiger partial charge in [0.1, 0.15) is 11.4 Å². The zero-order chi connectivity index (χ0) is 21.0. The Hall–Kier alpha value is -3.34. The molecule has 8 nitrogen and oxygen atoms in total. The van der Waals surface area contributed by atoms with Gasteiger partial charge >= 0.3 is 6.18 Å². The van der Waals surface area contributed by atoms with Crippen molar-refractivity contribution < 1.29 is 17.9 Å². The predicted molar refractivity (Wildman–Crippen MR) is 106 cm³/mol. The normalized spacial score (nSPS) is 14.6. The molecule has 0 atom stereocenters. The van der Waals surface area contributed by atoms with Gasteiger partial charge in [-0.05, 0) is 24.3 Å². The summed E-state index contributed by atoms with van der Waals surface area (Å²) in [6, 6.07) is 7.56. The Morgan fingerprint density at radius 1 is 1.10 bits per heavy atom. The summed E-state index contributed by atoms with van der Waals surface area (Å²) in [5.74, 6) is -0.233. The molecule has 4 rings (SSSR count). The van der Waals surface area contributed by atoms with Gasteiger partial charge in [-0.25, -0.2) is 4.98 Å². The summed E-state index contributed by atoms with van der Waals surface area (Å²) in [6.45, 7) is 3.16. The summed E-state index contributed by atoms with van der Waals surface area (Å²) in [7, 11) is 0. The standard InChI is InChI=1S/C19H20F3N7O/c20-19(21,22)16-12-24-18(28-17(16)23-9-13-10-25-26-11-13)27-14-1-3-15(4-2-14)29-5-7-30-8-6-29/h1-4,10-12H,5-9H2,(H,25,26)(H2,23,24,27,28). The van der Waals surface area contributed by atoms with Crippen LogP contribution in [0.5, 0.6) is 0 Å². The van der Waals surface area contributed by atoms with Crippen LogP contribution in [0.3, 0.4) is 0 Å². The van der Waals surface area contributed by atoms with Crippen LogP contribution in [0.1, 0.15) is 11.1 Å². The molecule has 3 aromatic rings. The zero-order valence-corrected chi connectivity index (χ0v) is 15.9. The van der Waals surface area contributed by atoms with Crippen LogP contribution in [0, 0.1) is 0 Å². The molecule has 0 amide bonds. The second-order valence-electron chi connectivity index (χ2n) is 6.69. The van der Waals surface area contributed by atoms with Crippen molar-refractivity contribution in [1.82, 2.24) is 20.2 Å². The molecule has 1 aliphatic heterocycles. The number of rotatable bonds is 6. The summed E-state index contributed by atoms with van der Waals surface area (Å²) >= 11 is 0. The van der Waals surface area contributed by atoms with Gasteiger partial charge < -0.3 is 20.3 Å². The van der Waals surface area contributed by atoms with E-state index in [0.717, 1.165) is 25.0 Å². The molecule has 1 aliphatic rings. The molecule has 158 valence electrons. The lowest BCUT2D eigenvalue weighted by molar-refractivity contribution is -0.137. The molecule has 3 heterocycles. The first kappa shape index (κ1) is 20.0. The molecule has 0 unspecified atom stereocenters. The van der Waals surface area contributed by atoms with E-state index in [2.05, 4.69) is 35.7 Å². The third-order valence-electron chi connectivity index (χ3n) is 4.61. The maximum atomic E-state index is 13.3. The van der Waals surface area contributed by atoms with E-state index in [1.807, 2.05) is 24.3 Å². The minimum Gasteiger partial charge on any atom is -0.378 e. The van der Waals surface area contributed by atoms with E-state index in [0.29, 0.717) is 24.5 Å². The van der Waals surface area contributed by atoms with E-state index >= 15 is 0 Å². The molecular weight excluding hydrogens is 399 g/mol. The molecule has 2 aromatic heterocycles. The van der Waals surface area contributed by atoms with Crippen molar-refractivity contribution in [3.05, 3.63) is 54.0 Å². The summed E-state index contributed by atoms with van der Waals surface area (Å²) in [5, 5.41) is 12.1. The maximum Gasteiger partial charge on any atom is 0.421 e. The number of ether oxygens (including phenoxy) is 1. The highest BCUT2D eigenvalue weighted by atomic mass is 19.4. The number of hydrogen-bond acceptors (Lipinski definition) is 7. The molecule has 1 fully saturated rings. The number of morpholine rings is 1. The Morgan fingerprint density at radius 3 is 2.53 bits per heavy atom. The number of alkyl halides is 3. The first-order valence-electron chi connectivity index (χ1n) is 9.34. The van der Waals surface area contributed by atoms with Gasteiger partial charge in [0, 0.05) is 49.0 Å². The fraction of sp³-hybridized carbons (Fsp3) is 0.316. The first-order valence-corrected chi connectivity index (χ1v) is 9.34. The highest BCUT2D eigenvalue weighted by molar-refractivity contribution is 5.61. The number of aromatic amines is 1. The number of nitrogens with zero attached hydrogens (tertiary/aromatic N) is 4. The van der Waals surface area contributed by atoms with Crippen LogP contribution in [-0.2, 0) is 17.5 Å². The van der Waals surface area contributed by atoms with Crippen LogP contribution in [0.25, 0.3) is 0 Å². The fourth-order valence-corrected chi connectivity index (χ4v) is 3.05. The SMILES string of the molecule is FC(F)(F)c1cnc(Nc2ccc(N3CCOCC3)cc2)nc1NCc1cn[nH]c1. The molecule has 1 aromatic carbocycles. The highest BCUT2D eigenvalue weighted by Crippen LogP contribution is 2.34. The van der Waals surface area contributed by atoms with Gasteiger partial charge in [-0.2, -0.15) is 23.3 Å². The molecule has 30 heavy (non-hydrogen) atoms. The number of halogens is 3. The van der Waals surface area contributed by atoms with Gasteiger partial charge in [0.15, 0.2) is 0 Å². The van der Waals surface area contributed by atoms with Crippen molar-refractivity contribution >= 4 is 23.1 Å². The molecule has 1 saturated heterocycles. The van der Waals surface area contributed by atoms with Crippen LogP contribution in [0.15, 0.2) is 42.9 Å². The second kappa shape index (κ2) is 8.57. The molecule has 0 saturated carbocycles. The Bertz CT molecular complexity index is 955. The summed E-state index contributed by atoms with van der Waals surface area (Å²) < 4.78 is 45.3. The fourth-order valence-electron chi connectivity index (χ4n) is 3.05. The maximum absolute atomic E-state index is 13.3. The molecule has 0 aliphatic carbocycles. The lowest BCUT2D eigenvalue weighted by Gasteiger charge is -2.28. The van der Waals surface area contributed by atoms with Gasteiger partial charge in [-0.1, -0.05) is 0 Å². The van der Waals surface area contributed by atoms with Gasteiger partial charge in [0.05, 0.1) is 19.4 Å². The third kappa shape index (κ3) is 4.79. The van der Waals surface area contributed by atoms with Crippen molar-refractivity contribution in [1.29, 1.82) is 0 Å². The quantitative estimate of drug-likeness (QED) is 0.564. The van der Waals surface area contributed by atoms with Crippen molar-refractivity contribution in [3.63, 3.8) is 0 Å². The summed E-state index contributed by atoms with van der Waals surface area (Å²) in [4.78, 5) is 10.1. The largest absolute Gasteiger partial charge is 0.421 e. The first-order chi connectivity index (χ1) is 14.5. The van der Waals surface area contributed by atoms with Gasteiger partial charge in [0.25, 0.3) is 0 Å². The van der Waals surface area contributed by atoms with Crippen LogP contribution in [-0.4, -0.2) is 46.5 Å². The summed E-state index contributed by atoms with van der Waals surface area (Å²) in [5.41, 5.74) is 1.50. The van der Waals surface area contributed by atoms with Gasteiger partial charge in [-0.3, -0.25) is 5.10 Å². The molecule has 0 spiro atoms. The average Bonchev–Trinajstić information content (AvgIpc) is 3.26. The van der Waals surface area contributed by atoms with Crippen LogP contribution < -0.4 is 15.5 Å². The number of H-pyrrole nitrogens is 1. The molecule has 0 radical (unpaired) electrons. The number of aromatic nitrogens is 4. The van der Waals surface area contributed by atoms with Crippen molar-refractivity contribution in [2.45, 2.75) is 12.7 Å². The van der Waals surface area contributed by atoms with Gasteiger partial charge in [0.2, 0.25) is 5.95 Å². The number of anilines is 4. The molecule has 11 heteroatoms. The average molecular weight is 419 g/mol. The van der Waals surface area contributed by atoms with E-state index in [1.165, 1.54) is 6.20 Å². The van der Waals surface area contributed by atoms with E-state index in [-0.39, 0.29) is 18.3 Å². The number of nitrogens with one attached hydrogen (secondary N) is 3. The zero-order valence-electron chi connectivity index (χ0n) is 15.9. The Labute approximate surface area is 170 Å². The van der Waals surface area contributed by atoms with Crippen molar-refractivity contribution in [2.75, 3.05) is 41.8 Å². The van der Waals surface area contributed by atoms with E-state index in [9.17, 15) is 13.2 Å². The topological polar surface area (TPSA) is 91.0 Å². The van der Waals surface area contributed by atoms with E-state index in [4.69, 9.17) is 4.74 Å². The minimum atomic E-state index is -4.57. The number of benzene rings is 1. The smallest absolute Gasteiger partial charge is 0.378 e. The second-order valence-corrected chi connectivity index (χ2v) is 6.69.